The molecule has 2 rings (SSSR count). The Kier molecular flexibility index (Phi) is 5.19. The summed E-state index contributed by atoms with van der Waals surface area (Å²) in [5, 5.41) is 2.61. The first-order valence-electron chi connectivity index (χ1n) is 7.27. The Labute approximate surface area is 119 Å². The maximum atomic E-state index is 12.4. The Morgan fingerprint density at radius 3 is 2.75 bits per heavy atom. The van der Waals surface area contributed by atoms with Crippen LogP contribution in [0.4, 0.5) is 4.79 Å². The first kappa shape index (κ1) is 15.1. The number of urea groups is 1. The molecule has 2 fully saturated rings. The summed E-state index contributed by atoms with van der Waals surface area (Å²) in [4.78, 5) is 25.0. The van der Waals surface area contributed by atoms with E-state index in [1.54, 1.807) is 0 Å². The monoisotopic (exact) mass is 284 g/mol. The van der Waals surface area contributed by atoms with Gasteiger partial charge in [0.1, 0.15) is 6.10 Å². The number of amides is 3. The third kappa shape index (κ3) is 3.83. The van der Waals surface area contributed by atoms with Crippen molar-refractivity contribution in [1.82, 2.24) is 10.2 Å². The Balaban J connectivity index is 1.82. The number of nitrogens with one attached hydrogen (secondary N) is 1. The fourth-order valence-corrected chi connectivity index (χ4v) is 2.94. The van der Waals surface area contributed by atoms with E-state index in [0.717, 1.165) is 32.2 Å². The zero-order valence-electron chi connectivity index (χ0n) is 11.7. The third-order valence-electron chi connectivity index (χ3n) is 4.04. The van der Waals surface area contributed by atoms with Crippen molar-refractivity contribution in [2.45, 2.75) is 37.9 Å². The van der Waals surface area contributed by atoms with Crippen LogP contribution >= 0.6 is 0 Å². The van der Waals surface area contributed by atoms with Gasteiger partial charge in [-0.3, -0.25) is 4.79 Å². The largest absolute Gasteiger partial charge is 0.364 e. The van der Waals surface area contributed by atoms with Gasteiger partial charge in [0, 0.05) is 26.2 Å². The molecule has 2 heterocycles. The summed E-state index contributed by atoms with van der Waals surface area (Å²) >= 11 is 0. The van der Waals surface area contributed by atoms with Gasteiger partial charge in [0.2, 0.25) is 0 Å². The van der Waals surface area contributed by atoms with Gasteiger partial charge in [-0.15, -0.1) is 0 Å². The summed E-state index contributed by atoms with van der Waals surface area (Å²) in [7, 11) is 0. The lowest BCUT2D eigenvalue weighted by molar-refractivity contribution is -0.144. The van der Waals surface area contributed by atoms with Crippen LogP contribution in [0.2, 0.25) is 0 Å². The van der Waals surface area contributed by atoms with Crippen molar-refractivity contribution in [2.24, 2.45) is 17.4 Å². The Morgan fingerprint density at radius 1 is 1.30 bits per heavy atom. The van der Waals surface area contributed by atoms with Gasteiger partial charge in [-0.2, -0.15) is 0 Å². The average molecular weight is 284 g/mol. The minimum Gasteiger partial charge on any atom is -0.364 e. The molecule has 3 unspecified atom stereocenters. The summed E-state index contributed by atoms with van der Waals surface area (Å²) in [5.74, 6) is 0.330. The van der Waals surface area contributed by atoms with E-state index in [1.807, 2.05) is 4.90 Å². The zero-order valence-corrected chi connectivity index (χ0v) is 11.7. The molecule has 0 aromatic heterocycles. The maximum Gasteiger partial charge on any atom is 0.312 e. The molecular formula is C13H24N4O3. The second-order valence-electron chi connectivity index (χ2n) is 5.60. The summed E-state index contributed by atoms with van der Waals surface area (Å²) in [6, 6.07) is -0.515. The van der Waals surface area contributed by atoms with Crippen LogP contribution in [0.15, 0.2) is 0 Å². The minimum absolute atomic E-state index is 0.0149. The summed E-state index contributed by atoms with van der Waals surface area (Å²) < 4.78 is 5.65. The highest BCUT2D eigenvalue weighted by atomic mass is 16.5. The standard InChI is InChI=1S/C13H24N4O3/c14-6-10-3-4-11(20-10)12(18)17-5-1-2-9(8-17)7-16-13(15)19/h9-11H,1-8,14H2,(H3,15,16,19). The molecule has 0 bridgehead atoms. The molecule has 3 atom stereocenters. The molecule has 0 saturated carbocycles. The fourth-order valence-electron chi connectivity index (χ4n) is 2.94. The molecule has 3 amide bonds. The molecular weight excluding hydrogens is 260 g/mol. The summed E-state index contributed by atoms with van der Waals surface area (Å²) in [6.45, 7) is 2.41. The first-order chi connectivity index (χ1) is 9.60. The molecule has 0 spiro atoms. The van der Waals surface area contributed by atoms with Crippen molar-refractivity contribution >= 4 is 11.9 Å². The lowest BCUT2D eigenvalue weighted by atomic mass is 9.97. The zero-order chi connectivity index (χ0) is 14.5. The van der Waals surface area contributed by atoms with Gasteiger partial charge < -0.3 is 26.4 Å². The van der Waals surface area contributed by atoms with E-state index in [4.69, 9.17) is 16.2 Å². The van der Waals surface area contributed by atoms with Crippen LogP contribution in [0, 0.1) is 5.92 Å². The molecule has 7 nitrogen and oxygen atoms in total. The van der Waals surface area contributed by atoms with Crippen molar-refractivity contribution in [3.05, 3.63) is 0 Å². The van der Waals surface area contributed by atoms with Gasteiger partial charge in [0.15, 0.2) is 0 Å². The molecule has 20 heavy (non-hydrogen) atoms. The number of hydrogen-bond donors (Lipinski definition) is 3. The van der Waals surface area contributed by atoms with Gasteiger partial charge in [-0.05, 0) is 31.6 Å². The van der Waals surface area contributed by atoms with E-state index >= 15 is 0 Å². The molecule has 0 aromatic carbocycles. The highest BCUT2D eigenvalue weighted by molar-refractivity contribution is 5.81. The van der Waals surface area contributed by atoms with E-state index in [2.05, 4.69) is 5.32 Å². The normalized spacial score (nSPS) is 30.2. The summed E-state index contributed by atoms with van der Waals surface area (Å²) in [5.41, 5.74) is 10.6. The van der Waals surface area contributed by atoms with Crippen molar-refractivity contribution in [2.75, 3.05) is 26.2 Å². The molecule has 2 saturated heterocycles. The van der Waals surface area contributed by atoms with Gasteiger partial charge >= 0.3 is 6.03 Å². The van der Waals surface area contributed by atoms with Crippen LogP contribution in [0.3, 0.4) is 0 Å². The highest BCUT2D eigenvalue weighted by Gasteiger charge is 2.34. The number of piperidine rings is 1. The van der Waals surface area contributed by atoms with Crippen molar-refractivity contribution in [3.63, 3.8) is 0 Å². The van der Waals surface area contributed by atoms with E-state index < -0.39 is 6.03 Å². The Morgan fingerprint density at radius 2 is 2.10 bits per heavy atom. The smallest absolute Gasteiger partial charge is 0.312 e. The van der Waals surface area contributed by atoms with Crippen molar-refractivity contribution < 1.29 is 14.3 Å². The lowest BCUT2D eigenvalue weighted by Crippen LogP contribution is -2.47. The van der Waals surface area contributed by atoms with Crippen LogP contribution in [0.25, 0.3) is 0 Å². The maximum absolute atomic E-state index is 12.4. The number of nitrogens with zero attached hydrogens (tertiary/aromatic N) is 1. The van der Waals surface area contributed by atoms with E-state index in [0.29, 0.717) is 19.6 Å². The number of hydrogen-bond acceptors (Lipinski definition) is 4. The van der Waals surface area contributed by atoms with Crippen molar-refractivity contribution in [1.29, 1.82) is 0 Å². The Hall–Kier alpha value is -1.34. The predicted molar refractivity (Wildman–Crippen MR) is 73.8 cm³/mol. The van der Waals surface area contributed by atoms with E-state index in [1.165, 1.54) is 0 Å². The number of carbonyl (C=O) groups excluding carboxylic acids is 2. The number of nitrogens with two attached hydrogens (primary N) is 2. The quantitative estimate of drug-likeness (QED) is 0.640. The summed E-state index contributed by atoms with van der Waals surface area (Å²) in [6.07, 6.45) is 3.23. The minimum atomic E-state index is -0.515. The highest BCUT2D eigenvalue weighted by Crippen LogP contribution is 2.23. The first-order valence-corrected chi connectivity index (χ1v) is 7.27. The van der Waals surface area contributed by atoms with Crippen molar-refractivity contribution in [3.8, 4) is 0 Å². The van der Waals surface area contributed by atoms with E-state index in [9.17, 15) is 9.59 Å². The molecule has 114 valence electrons. The van der Waals surface area contributed by atoms with Crippen LogP contribution in [-0.4, -0.2) is 55.2 Å². The van der Waals surface area contributed by atoms with Gasteiger partial charge in [0.25, 0.3) is 5.91 Å². The number of primary amides is 1. The number of rotatable bonds is 4. The molecule has 7 heteroatoms. The predicted octanol–water partition coefficient (Wildman–Crippen LogP) is -0.600. The van der Waals surface area contributed by atoms with Crippen LogP contribution in [0.5, 0.6) is 0 Å². The van der Waals surface area contributed by atoms with Gasteiger partial charge in [-0.25, -0.2) is 4.79 Å². The SMILES string of the molecule is NCC1CCC(C(=O)N2CCCC(CNC(N)=O)C2)O1. The van der Waals surface area contributed by atoms with Gasteiger partial charge in [-0.1, -0.05) is 0 Å². The molecule has 2 aliphatic rings. The van der Waals surface area contributed by atoms with Crippen LogP contribution in [0.1, 0.15) is 25.7 Å². The molecule has 2 aliphatic heterocycles. The van der Waals surface area contributed by atoms with E-state index in [-0.39, 0.29) is 24.0 Å². The molecule has 5 N–H and O–H groups in total. The molecule has 0 aromatic rings. The van der Waals surface area contributed by atoms with Gasteiger partial charge in [0.05, 0.1) is 6.10 Å². The average Bonchev–Trinajstić information content (AvgIpc) is 2.93. The topological polar surface area (TPSA) is 111 Å². The number of carbonyl (C=O) groups is 2. The number of likely N-dealkylation sites (tertiary alicyclic amines) is 1. The van der Waals surface area contributed by atoms with Crippen LogP contribution < -0.4 is 16.8 Å². The third-order valence-corrected chi connectivity index (χ3v) is 4.04. The lowest BCUT2D eigenvalue weighted by Gasteiger charge is -2.34. The molecule has 0 radical (unpaired) electrons. The second-order valence-corrected chi connectivity index (χ2v) is 5.60. The van der Waals surface area contributed by atoms with Crippen LogP contribution in [-0.2, 0) is 9.53 Å². The Bertz CT molecular complexity index is 364. The fraction of sp³-hybridized carbons (Fsp3) is 0.846. The number of ether oxygens (including phenoxy) is 1. The molecule has 0 aliphatic carbocycles. The second kappa shape index (κ2) is 6.90.